The average molecular weight is 374 g/mol. The van der Waals surface area contributed by atoms with Gasteiger partial charge in [0.15, 0.2) is 5.82 Å². The number of hydrogen-bond acceptors (Lipinski definition) is 5. The highest BCUT2D eigenvalue weighted by Gasteiger charge is 2.21. The third kappa shape index (κ3) is 3.81. The Balaban J connectivity index is 1.35. The summed E-state index contributed by atoms with van der Waals surface area (Å²) in [6.07, 6.45) is 4.92. The number of ether oxygens (including phenoxy) is 1. The lowest BCUT2D eigenvalue weighted by molar-refractivity contribution is 0.0949. The number of benzene rings is 2. The van der Waals surface area contributed by atoms with E-state index >= 15 is 0 Å². The van der Waals surface area contributed by atoms with E-state index in [1.165, 1.54) is 11.8 Å². The van der Waals surface area contributed by atoms with E-state index in [2.05, 4.69) is 32.3 Å². The minimum Gasteiger partial charge on any atom is -0.497 e. The summed E-state index contributed by atoms with van der Waals surface area (Å²) in [5.74, 6) is 1.36. The van der Waals surface area contributed by atoms with Crippen molar-refractivity contribution in [1.82, 2.24) is 15.3 Å². The van der Waals surface area contributed by atoms with E-state index in [1.807, 2.05) is 36.4 Å². The molecular weight excluding hydrogens is 352 g/mol. The summed E-state index contributed by atoms with van der Waals surface area (Å²) in [4.78, 5) is 23.2. The minimum atomic E-state index is -0.219. The fourth-order valence-electron chi connectivity index (χ4n) is 3.39. The van der Waals surface area contributed by atoms with Gasteiger partial charge in [-0.25, -0.2) is 9.97 Å². The topological polar surface area (TPSA) is 67.3 Å². The largest absolute Gasteiger partial charge is 0.497 e. The number of carbonyl (C=O) groups is 1. The Bertz CT molecular complexity index is 972. The van der Waals surface area contributed by atoms with Gasteiger partial charge >= 0.3 is 0 Å². The summed E-state index contributed by atoms with van der Waals surface area (Å²) in [6.45, 7) is 1.40. The van der Waals surface area contributed by atoms with E-state index in [0.29, 0.717) is 12.2 Å². The molecule has 6 nitrogen and oxygen atoms in total. The molecule has 3 aromatic rings. The first-order chi connectivity index (χ1) is 13.7. The predicted molar refractivity (Wildman–Crippen MR) is 108 cm³/mol. The van der Waals surface area contributed by atoms with Crippen molar-refractivity contribution in [1.29, 1.82) is 0 Å². The molecular formula is C22H22N4O2. The molecule has 0 fully saturated rings. The molecule has 4 rings (SSSR count). The standard InChI is InChI=1S/C22H22N4O2/c1-28-18-7-4-5-16(13-18)9-11-23-22(27)19-14-25-21(15-24-19)26-12-10-17-6-2-3-8-20(17)26/h2-8,13-15H,9-12H2,1H3,(H,23,27). The van der Waals surface area contributed by atoms with Crippen LogP contribution in [0, 0.1) is 0 Å². The first kappa shape index (κ1) is 18.0. The second-order valence-corrected chi connectivity index (χ2v) is 6.65. The third-order valence-electron chi connectivity index (χ3n) is 4.87. The number of para-hydroxylation sites is 1. The molecule has 2 aromatic carbocycles. The predicted octanol–water partition coefficient (Wildman–Crippen LogP) is 3.15. The molecule has 1 amide bonds. The molecule has 0 spiro atoms. The van der Waals surface area contributed by atoms with Crippen LogP contribution in [0.5, 0.6) is 5.75 Å². The van der Waals surface area contributed by atoms with Crippen LogP contribution in [0.15, 0.2) is 60.9 Å². The fraction of sp³-hybridized carbons (Fsp3) is 0.227. The van der Waals surface area contributed by atoms with E-state index < -0.39 is 0 Å². The monoisotopic (exact) mass is 374 g/mol. The number of aromatic nitrogens is 2. The molecule has 0 aliphatic carbocycles. The molecule has 1 aromatic heterocycles. The van der Waals surface area contributed by atoms with Crippen LogP contribution in [0.4, 0.5) is 11.5 Å². The van der Waals surface area contributed by atoms with E-state index in [0.717, 1.165) is 42.2 Å². The van der Waals surface area contributed by atoms with Crippen molar-refractivity contribution in [3.05, 3.63) is 77.7 Å². The molecule has 0 bridgehead atoms. The lowest BCUT2D eigenvalue weighted by Crippen LogP contribution is -2.27. The molecule has 0 radical (unpaired) electrons. The number of methoxy groups -OCH3 is 1. The van der Waals surface area contributed by atoms with Gasteiger partial charge in [0.1, 0.15) is 11.4 Å². The number of hydrogen-bond donors (Lipinski definition) is 1. The van der Waals surface area contributed by atoms with Crippen LogP contribution >= 0.6 is 0 Å². The second kappa shape index (κ2) is 8.08. The van der Waals surface area contributed by atoms with Crippen molar-refractivity contribution in [3.8, 4) is 5.75 Å². The average Bonchev–Trinajstić information content (AvgIpc) is 3.18. The van der Waals surface area contributed by atoms with Crippen LogP contribution in [-0.2, 0) is 12.8 Å². The minimum absolute atomic E-state index is 0.219. The Morgan fingerprint density at radius 3 is 2.86 bits per heavy atom. The molecule has 0 saturated carbocycles. The molecule has 1 N–H and O–H groups in total. The van der Waals surface area contributed by atoms with Gasteiger partial charge in [-0.2, -0.15) is 0 Å². The highest BCUT2D eigenvalue weighted by molar-refractivity contribution is 5.92. The highest BCUT2D eigenvalue weighted by atomic mass is 16.5. The van der Waals surface area contributed by atoms with Crippen LogP contribution in [0.1, 0.15) is 21.6 Å². The maximum absolute atomic E-state index is 12.3. The molecule has 28 heavy (non-hydrogen) atoms. The Hall–Kier alpha value is -3.41. The Kier molecular flexibility index (Phi) is 5.19. The van der Waals surface area contributed by atoms with E-state index in [-0.39, 0.29) is 5.91 Å². The normalized spacial score (nSPS) is 12.5. The molecule has 6 heteroatoms. The number of rotatable bonds is 6. The summed E-state index contributed by atoms with van der Waals surface area (Å²) >= 11 is 0. The number of carbonyl (C=O) groups excluding carboxylic acids is 1. The summed E-state index contributed by atoms with van der Waals surface area (Å²) in [6, 6.07) is 16.1. The van der Waals surface area contributed by atoms with Crippen LogP contribution in [0.3, 0.4) is 0 Å². The molecule has 142 valence electrons. The fourth-order valence-corrected chi connectivity index (χ4v) is 3.39. The maximum Gasteiger partial charge on any atom is 0.271 e. The molecule has 1 aliphatic rings. The summed E-state index contributed by atoms with van der Waals surface area (Å²) < 4.78 is 5.22. The number of nitrogens with zero attached hydrogens (tertiary/aromatic N) is 3. The Morgan fingerprint density at radius 1 is 1.14 bits per heavy atom. The molecule has 2 heterocycles. The Morgan fingerprint density at radius 2 is 2.04 bits per heavy atom. The zero-order valence-corrected chi connectivity index (χ0v) is 15.8. The van der Waals surface area contributed by atoms with Crippen molar-refractivity contribution in [2.24, 2.45) is 0 Å². The molecule has 1 aliphatic heterocycles. The molecule has 0 saturated heterocycles. The van der Waals surface area contributed by atoms with Gasteiger partial charge in [-0.1, -0.05) is 30.3 Å². The number of nitrogens with one attached hydrogen (secondary N) is 1. The number of amides is 1. The van der Waals surface area contributed by atoms with E-state index in [4.69, 9.17) is 4.74 Å². The number of fused-ring (bicyclic) bond motifs is 1. The smallest absolute Gasteiger partial charge is 0.271 e. The van der Waals surface area contributed by atoms with Crippen LogP contribution in [0.2, 0.25) is 0 Å². The van der Waals surface area contributed by atoms with E-state index in [1.54, 1.807) is 13.3 Å². The molecule has 0 atom stereocenters. The van der Waals surface area contributed by atoms with Crippen molar-refractivity contribution in [2.75, 3.05) is 25.1 Å². The SMILES string of the molecule is COc1cccc(CCNC(=O)c2cnc(N3CCc4ccccc43)cn2)c1. The third-order valence-corrected chi connectivity index (χ3v) is 4.87. The van der Waals surface area contributed by atoms with E-state index in [9.17, 15) is 4.79 Å². The van der Waals surface area contributed by atoms with Gasteiger partial charge in [-0.3, -0.25) is 4.79 Å². The van der Waals surface area contributed by atoms with Gasteiger partial charge in [0.2, 0.25) is 0 Å². The van der Waals surface area contributed by atoms with Gasteiger partial charge in [0, 0.05) is 18.8 Å². The summed E-state index contributed by atoms with van der Waals surface area (Å²) in [7, 11) is 1.64. The number of anilines is 2. The lowest BCUT2D eigenvalue weighted by Gasteiger charge is -2.17. The lowest BCUT2D eigenvalue weighted by atomic mass is 10.1. The summed E-state index contributed by atoms with van der Waals surface area (Å²) in [5, 5.41) is 2.89. The van der Waals surface area contributed by atoms with Crippen molar-refractivity contribution < 1.29 is 9.53 Å². The van der Waals surface area contributed by atoms with Crippen molar-refractivity contribution >= 4 is 17.4 Å². The van der Waals surface area contributed by atoms with Crippen LogP contribution in [0.25, 0.3) is 0 Å². The zero-order valence-electron chi connectivity index (χ0n) is 15.8. The molecule has 0 unspecified atom stereocenters. The quantitative estimate of drug-likeness (QED) is 0.718. The van der Waals surface area contributed by atoms with Gasteiger partial charge in [-0.15, -0.1) is 0 Å². The zero-order chi connectivity index (χ0) is 19.3. The van der Waals surface area contributed by atoms with Gasteiger partial charge in [-0.05, 0) is 42.2 Å². The van der Waals surface area contributed by atoms with Crippen molar-refractivity contribution in [2.45, 2.75) is 12.8 Å². The van der Waals surface area contributed by atoms with Crippen LogP contribution in [-0.4, -0.2) is 36.1 Å². The Labute approximate surface area is 164 Å². The van der Waals surface area contributed by atoms with Crippen LogP contribution < -0.4 is 15.0 Å². The van der Waals surface area contributed by atoms with Gasteiger partial charge < -0.3 is 15.0 Å². The first-order valence-corrected chi connectivity index (χ1v) is 9.33. The highest BCUT2D eigenvalue weighted by Crippen LogP contribution is 2.32. The summed E-state index contributed by atoms with van der Waals surface area (Å²) in [5.41, 5.74) is 3.90. The second-order valence-electron chi connectivity index (χ2n) is 6.65. The van der Waals surface area contributed by atoms with Crippen molar-refractivity contribution in [3.63, 3.8) is 0 Å². The van der Waals surface area contributed by atoms with Gasteiger partial charge in [0.25, 0.3) is 5.91 Å². The maximum atomic E-state index is 12.3. The van der Waals surface area contributed by atoms with Gasteiger partial charge in [0.05, 0.1) is 19.5 Å². The first-order valence-electron chi connectivity index (χ1n) is 9.33.